The first-order chi connectivity index (χ1) is 9.54. The van der Waals surface area contributed by atoms with Gasteiger partial charge in [0.25, 0.3) is 11.3 Å². The second-order valence-electron chi connectivity index (χ2n) is 3.83. The van der Waals surface area contributed by atoms with Gasteiger partial charge in [0.05, 0.1) is 0 Å². The molecule has 0 unspecified atom stereocenters. The van der Waals surface area contributed by atoms with Crippen LogP contribution in [-0.2, 0) is 4.79 Å². The molecule has 0 amide bonds. The van der Waals surface area contributed by atoms with E-state index in [-0.39, 0.29) is 6.42 Å². The van der Waals surface area contributed by atoms with E-state index in [1.165, 1.54) is 18.7 Å². The molecule has 0 saturated carbocycles. The van der Waals surface area contributed by atoms with Crippen LogP contribution in [-0.4, -0.2) is 16.7 Å². The predicted octanol–water partition coefficient (Wildman–Crippen LogP) is 4.02. The molecule has 0 N–H and O–H groups in total. The highest BCUT2D eigenvalue weighted by Gasteiger charge is 2.08. The van der Waals surface area contributed by atoms with Crippen molar-refractivity contribution in [2.45, 2.75) is 18.6 Å². The summed E-state index contributed by atoms with van der Waals surface area (Å²) in [6.45, 7) is 1.31. The molecule has 0 aliphatic carbocycles. The normalized spacial score (nSPS) is 10.6. The second kappa shape index (κ2) is 6.51. The summed E-state index contributed by atoms with van der Waals surface area (Å²) in [5.41, 5.74) is 1.11. The van der Waals surface area contributed by atoms with Gasteiger partial charge in [0.1, 0.15) is 11.3 Å². The van der Waals surface area contributed by atoms with Crippen LogP contribution in [0.5, 0.6) is 5.75 Å². The number of carbonyl (C=O) groups excluding carboxylic acids is 1. The minimum atomic E-state index is -1.69. The van der Waals surface area contributed by atoms with Crippen molar-refractivity contribution in [2.24, 2.45) is 0 Å². The summed E-state index contributed by atoms with van der Waals surface area (Å²) < 4.78 is 34.1. The third kappa shape index (κ3) is 4.06. The lowest BCUT2D eigenvalue weighted by Crippen LogP contribution is -2.00. The van der Waals surface area contributed by atoms with Gasteiger partial charge in [0, 0.05) is 18.7 Å². The molecule has 1 aromatic carbocycles. The number of oxazole rings is 1. The number of ether oxygens (including phenoxy) is 1. The van der Waals surface area contributed by atoms with Crippen LogP contribution < -0.4 is 4.74 Å². The molecule has 2 rings (SSSR count). The molecule has 0 spiro atoms. The van der Waals surface area contributed by atoms with Gasteiger partial charge in [-0.25, -0.2) is 4.98 Å². The zero-order valence-corrected chi connectivity index (χ0v) is 11.4. The number of halogens is 2. The zero-order chi connectivity index (χ0) is 14.5. The molecule has 0 saturated heterocycles. The summed E-state index contributed by atoms with van der Waals surface area (Å²) in [7, 11) is 0. The summed E-state index contributed by atoms with van der Waals surface area (Å²) in [6, 6.07) is 4.85. The third-order valence-electron chi connectivity index (χ3n) is 2.24. The van der Waals surface area contributed by atoms with E-state index < -0.39 is 12.0 Å². The van der Waals surface area contributed by atoms with Crippen LogP contribution in [0, 0.1) is 0 Å². The van der Waals surface area contributed by atoms with E-state index >= 15 is 0 Å². The SMILES string of the molecule is CC(=O)Oc1ccc2nc(SCCC=C(F)F)oc2c1. The quantitative estimate of drug-likeness (QED) is 0.361. The largest absolute Gasteiger partial charge is 0.431 e. The van der Waals surface area contributed by atoms with Gasteiger partial charge in [-0.1, -0.05) is 11.8 Å². The van der Waals surface area contributed by atoms with Gasteiger partial charge in [-0.15, -0.1) is 0 Å². The Kier molecular flexibility index (Phi) is 4.73. The highest BCUT2D eigenvalue weighted by Crippen LogP contribution is 2.27. The van der Waals surface area contributed by atoms with E-state index in [9.17, 15) is 13.6 Å². The highest BCUT2D eigenvalue weighted by molar-refractivity contribution is 7.99. The molecule has 0 aliphatic heterocycles. The van der Waals surface area contributed by atoms with Crippen LogP contribution in [0.4, 0.5) is 8.78 Å². The first-order valence-corrected chi connectivity index (χ1v) is 6.76. The lowest BCUT2D eigenvalue weighted by atomic mass is 10.3. The Hall–Kier alpha value is -1.89. The number of esters is 1. The van der Waals surface area contributed by atoms with Gasteiger partial charge in [0.15, 0.2) is 5.58 Å². The molecule has 0 atom stereocenters. The predicted molar refractivity (Wildman–Crippen MR) is 71.0 cm³/mol. The second-order valence-corrected chi connectivity index (χ2v) is 4.88. The molecule has 0 aliphatic rings. The molecular weight excluding hydrogens is 288 g/mol. The minimum Gasteiger partial charge on any atom is -0.431 e. The van der Waals surface area contributed by atoms with Gasteiger partial charge in [-0.2, -0.15) is 8.78 Å². The molecule has 2 aromatic rings. The third-order valence-corrected chi connectivity index (χ3v) is 3.11. The van der Waals surface area contributed by atoms with Crippen molar-refractivity contribution < 1.29 is 22.7 Å². The average Bonchev–Trinajstić information content (AvgIpc) is 2.75. The van der Waals surface area contributed by atoms with Crippen molar-refractivity contribution in [2.75, 3.05) is 5.75 Å². The van der Waals surface area contributed by atoms with E-state index in [0.717, 1.165) is 6.08 Å². The van der Waals surface area contributed by atoms with Gasteiger partial charge >= 0.3 is 5.97 Å². The maximum absolute atomic E-state index is 11.8. The lowest BCUT2D eigenvalue weighted by Gasteiger charge is -1.98. The van der Waals surface area contributed by atoms with Crippen molar-refractivity contribution in [3.63, 3.8) is 0 Å². The monoisotopic (exact) mass is 299 g/mol. The number of aromatic nitrogens is 1. The van der Waals surface area contributed by atoms with Crippen molar-refractivity contribution >= 4 is 28.8 Å². The van der Waals surface area contributed by atoms with Crippen molar-refractivity contribution in [3.05, 3.63) is 30.4 Å². The number of benzene rings is 1. The first-order valence-electron chi connectivity index (χ1n) is 5.77. The first kappa shape index (κ1) is 14.5. The Morgan fingerprint density at radius 1 is 1.50 bits per heavy atom. The number of carbonyl (C=O) groups is 1. The topological polar surface area (TPSA) is 52.3 Å². The Bertz CT molecular complexity index is 650. The number of hydrogen-bond donors (Lipinski definition) is 0. The minimum absolute atomic E-state index is 0.240. The van der Waals surface area contributed by atoms with Crippen LogP contribution in [0.3, 0.4) is 0 Å². The number of allylic oxidation sites excluding steroid dienone is 1. The van der Waals surface area contributed by atoms with E-state index in [4.69, 9.17) is 9.15 Å². The van der Waals surface area contributed by atoms with Crippen molar-refractivity contribution in [1.82, 2.24) is 4.98 Å². The van der Waals surface area contributed by atoms with Crippen LogP contribution in [0.2, 0.25) is 0 Å². The Morgan fingerprint density at radius 3 is 3.00 bits per heavy atom. The lowest BCUT2D eigenvalue weighted by molar-refractivity contribution is -0.131. The molecule has 20 heavy (non-hydrogen) atoms. The van der Waals surface area contributed by atoms with Crippen LogP contribution in [0.1, 0.15) is 13.3 Å². The summed E-state index contributed by atoms with van der Waals surface area (Å²) in [6.07, 6.45) is -0.590. The van der Waals surface area contributed by atoms with Crippen molar-refractivity contribution in [1.29, 1.82) is 0 Å². The van der Waals surface area contributed by atoms with Crippen LogP contribution in [0.15, 0.2) is 40.0 Å². The van der Waals surface area contributed by atoms with Gasteiger partial charge in [-0.3, -0.25) is 4.79 Å². The number of nitrogens with zero attached hydrogens (tertiary/aromatic N) is 1. The molecule has 106 valence electrons. The molecule has 1 heterocycles. The Balaban J connectivity index is 2.05. The summed E-state index contributed by atoms with van der Waals surface area (Å²) in [5, 5.41) is 0.396. The zero-order valence-electron chi connectivity index (χ0n) is 10.6. The van der Waals surface area contributed by atoms with E-state index in [0.29, 0.717) is 27.8 Å². The fraction of sp³-hybridized carbons (Fsp3) is 0.231. The average molecular weight is 299 g/mol. The summed E-state index contributed by atoms with van der Waals surface area (Å²) in [5.74, 6) is 0.402. The summed E-state index contributed by atoms with van der Waals surface area (Å²) >= 11 is 1.24. The van der Waals surface area contributed by atoms with Gasteiger partial charge in [0.2, 0.25) is 0 Å². The maximum Gasteiger partial charge on any atom is 0.308 e. The molecule has 0 fully saturated rings. The Morgan fingerprint density at radius 2 is 2.30 bits per heavy atom. The Labute approximate surface area is 117 Å². The van der Waals surface area contributed by atoms with Crippen molar-refractivity contribution in [3.8, 4) is 5.75 Å². The fourth-order valence-electron chi connectivity index (χ4n) is 1.49. The van der Waals surface area contributed by atoms with E-state index in [1.54, 1.807) is 18.2 Å². The number of fused-ring (bicyclic) bond motifs is 1. The number of rotatable bonds is 5. The molecule has 1 aromatic heterocycles. The van der Waals surface area contributed by atoms with Gasteiger partial charge in [-0.05, 0) is 24.6 Å². The molecule has 0 radical (unpaired) electrons. The van der Waals surface area contributed by atoms with E-state index in [2.05, 4.69) is 4.98 Å². The van der Waals surface area contributed by atoms with Gasteiger partial charge < -0.3 is 9.15 Å². The van der Waals surface area contributed by atoms with E-state index in [1.807, 2.05) is 0 Å². The summed E-state index contributed by atoms with van der Waals surface area (Å²) in [4.78, 5) is 15.0. The molecule has 4 nitrogen and oxygen atoms in total. The van der Waals surface area contributed by atoms with Crippen LogP contribution >= 0.6 is 11.8 Å². The smallest absolute Gasteiger partial charge is 0.308 e. The maximum atomic E-state index is 11.8. The molecular formula is C13H11F2NO3S. The molecule has 7 heteroatoms. The standard InChI is InChI=1S/C13H11F2NO3S/c1-8(17)18-9-4-5-10-11(7-9)19-13(16-10)20-6-2-3-12(14)15/h3-5,7H,2,6H2,1H3. The number of thioether (sulfide) groups is 1. The molecule has 0 bridgehead atoms. The fourth-order valence-corrected chi connectivity index (χ4v) is 2.21. The number of hydrogen-bond acceptors (Lipinski definition) is 5. The highest BCUT2D eigenvalue weighted by atomic mass is 32.2. The van der Waals surface area contributed by atoms with Crippen LogP contribution in [0.25, 0.3) is 11.1 Å².